The van der Waals surface area contributed by atoms with Gasteiger partial charge in [-0.15, -0.1) is 0 Å². The normalized spacial score (nSPS) is 19.7. The summed E-state index contributed by atoms with van der Waals surface area (Å²) in [4.78, 5) is 0. The zero-order valence-electron chi connectivity index (χ0n) is 10.0. The van der Waals surface area contributed by atoms with Crippen molar-refractivity contribution >= 4 is 0 Å². The summed E-state index contributed by atoms with van der Waals surface area (Å²) >= 11 is 0. The van der Waals surface area contributed by atoms with Gasteiger partial charge in [-0.05, 0) is 33.6 Å². The van der Waals surface area contributed by atoms with Gasteiger partial charge in [-0.2, -0.15) is 5.10 Å². The van der Waals surface area contributed by atoms with E-state index in [0.29, 0.717) is 0 Å². The minimum absolute atomic E-state index is 0.0956. The summed E-state index contributed by atoms with van der Waals surface area (Å²) in [5.41, 5.74) is 10.1. The van der Waals surface area contributed by atoms with Gasteiger partial charge >= 0.3 is 0 Å². The molecule has 1 heterocycles. The van der Waals surface area contributed by atoms with Gasteiger partial charge in [0.25, 0.3) is 0 Å². The van der Waals surface area contributed by atoms with E-state index in [2.05, 4.69) is 30.6 Å². The molecule has 0 aliphatic heterocycles. The molecule has 2 rings (SSSR count). The fourth-order valence-corrected chi connectivity index (χ4v) is 2.98. The van der Waals surface area contributed by atoms with Gasteiger partial charge in [0.2, 0.25) is 0 Å². The molecule has 1 aliphatic rings. The van der Waals surface area contributed by atoms with Gasteiger partial charge in [-0.3, -0.25) is 4.68 Å². The highest BCUT2D eigenvalue weighted by Crippen LogP contribution is 2.39. The van der Waals surface area contributed by atoms with Gasteiger partial charge in [-0.1, -0.05) is 12.8 Å². The molecule has 15 heavy (non-hydrogen) atoms. The fourth-order valence-electron chi connectivity index (χ4n) is 2.98. The molecule has 0 spiro atoms. The van der Waals surface area contributed by atoms with Crippen LogP contribution in [0.3, 0.4) is 0 Å². The Morgan fingerprint density at radius 2 is 1.93 bits per heavy atom. The van der Waals surface area contributed by atoms with Crippen LogP contribution in [0.5, 0.6) is 0 Å². The van der Waals surface area contributed by atoms with Crippen LogP contribution in [0, 0.1) is 13.8 Å². The van der Waals surface area contributed by atoms with Crippen molar-refractivity contribution in [3.05, 3.63) is 17.0 Å². The lowest BCUT2D eigenvalue weighted by molar-refractivity contribution is 0.455. The summed E-state index contributed by atoms with van der Waals surface area (Å²) in [5.74, 6) is 0. The maximum absolute atomic E-state index is 6.50. The third-order valence-electron chi connectivity index (χ3n) is 3.67. The van der Waals surface area contributed by atoms with E-state index < -0.39 is 0 Å². The second kappa shape index (κ2) is 3.63. The van der Waals surface area contributed by atoms with E-state index in [9.17, 15) is 0 Å². The van der Waals surface area contributed by atoms with E-state index in [4.69, 9.17) is 5.73 Å². The molecule has 1 fully saturated rings. The Bertz CT molecular complexity index is 359. The molecule has 0 radical (unpaired) electrons. The molecule has 0 amide bonds. The summed E-state index contributed by atoms with van der Waals surface area (Å²) in [5, 5.41) is 4.56. The first-order chi connectivity index (χ1) is 7.08. The second-order valence-electron chi connectivity index (χ2n) is 4.72. The maximum Gasteiger partial charge on any atom is 0.0647 e. The van der Waals surface area contributed by atoms with E-state index in [1.807, 2.05) is 0 Å². The number of aryl methyl sites for hydroxylation is 2. The SMILES string of the molecule is CCn1nc(C)c(C2(N)CCCC2)c1C. The Morgan fingerprint density at radius 1 is 1.33 bits per heavy atom. The third kappa shape index (κ3) is 1.59. The minimum Gasteiger partial charge on any atom is -0.321 e. The van der Waals surface area contributed by atoms with Crippen LogP contribution in [0.1, 0.15) is 49.6 Å². The number of nitrogens with zero attached hydrogens (tertiary/aromatic N) is 2. The van der Waals surface area contributed by atoms with Crippen LogP contribution in [0.2, 0.25) is 0 Å². The molecule has 3 nitrogen and oxygen atoms in total. The largest absolute Gasteiger partial charge is 0.321 e. The summed E-state index contributed by atoms with van der Waals surface area (Å²) in [7, 11) is 0. The van der Waals surface area contributed by atoms with E-state index in [1.54, 1.807) is 0 Å². The predicted molar refractivity (Wildman–Crippen MR) is 61.7 cm³/mol. The van der Waals surface area contributed by atoms with Crippen molar-refractivity contribution in [2.75, 3.05) is 0 Å². The van der Waals surface area contributed by atoms with E-state index in [0.717, 1.165) is 25.1 Å². The monoisotopic (exact) mass is 207 g/mol. The van der Waals surface area contributed by atoms with Crippen molar-refractivity contribution in [1.82, 2.24) is 9.78 Å². The molecule has 1 aliphatic carbocycles. The Labute approximate surface area is 91.7 Å². The lowest BCUT2D eigenvalue weighted by Crippen LogP contribution is -2.34. The number of rotatable bonds is 2. The van der Waals surface area contributed by atoms with Crippen molar-refractivity contribution in [2.24, 2.45) is 5.73 Å². The molecule has 1 saturated carbocycles. The van der Waals surface area contributed by atoms with Crippen molar-refractivity contribution in [1.29, 1.82) is 0 Å². The van der Waals surface area contributed by atoms with E-state index in [-0.39, 0.29) is 5.54 Å². The maximum atomic E-state index is 6.50. The molecule has 0 atom stereocenters. The highest BCUT2D eigenvalue weighted by Gasteiger charge is 2.35. The van der Waals surface area contributed by atoms with Crippen LogP contribution in [0.25, 0.3) is 0 Å². The predicted octanol–water partition coefficient (Wildman–Crippen LogP) is 2.25. The first kappa shape index (κ1) is 10.7. The number of hydrogen-bond acceptors (Lipinski definition) is 2. The molecular weight excluding hydrogens is 186 g/mol. The Hall–Kier alpha value is -0.830. The van der Waals surface area contributed by atoms with Crippen LogP contribution in [-0.2, 0) is 12.1 Å². The topological polar surface area (TPSA) is 43.8 Å². The molecule has 84 valence electrons. The molecule has 1 aromatic rings. The van der Waals surface area contributed by atoms with Crippen LogP contribution < -0.4 is 5.73 Å². The summed E-state index contributed by atoms with van der Waals surface area (Å²) in [6.07, 6.45) is 4.74. The van der Waals surface area contributed by atoms with Crippen LogP contribution in [-0.4, -0.2) is 9.78 Å². The number of aromatic nitrogens is 2. The van der Waals surface area contributed by atoms with Crippen molar-refractivity contribution in [3.63, 3.8) is 0 Å². The first-order valence-corrected chi connectivity index (χ1v) is 5.92. The zero-order valence-corrected chi connectivity index (χ0v) is 10.0. The lowest BCUT2D eigenvalue weighted by Gasteiger charge is -2.24. The van der Waals surface area contributed by atoms with Crippen LogP contribution >= 0.6 is 0 Å². The highest BCUT2D eigenvalue weighted by atomic mass is 15.3. The Balaban J connectivity index is 2.47. The smallest absolute Gasteiger partial charge is 0.0647 e. The van der Waals surface area contributed by atoms with Gasteiger partial charge in [-0.25, -0.2) is 0 Å². The molecule has 0 saturated heterocycles. The molecule has 1 aromatic heterocycles. The summed E-state index contributed by atoms with van der Waals surface area (Å²) < 4.78 is 2.07. The van der Waals surface area contributed by atoms with Crippen LogP contribution in [0.15, 0.2) is 0 Å². The third-order valence-corrected chi connectivity index (χ3v) is 3.67. The average Bonchev–Trinajstić information content (AvgIpc) is 2.72. The summed E-state index contributed by atoms with van der Waals surface area (Å²) in [6.45, 7) is 7.29. The van der Waals surface area contributed by atoms with Crippen molar-refractivity contribution < 1.29 is 0 Å². The van der Waals surface area contributed by atoms with Gasteiger partial charge in [0.05, 0.1) is 5.69 Å². The minimum atomic E-state index is -0.0956. The number of hydrogen-bond donors (Lipinski definition) is 1. The second-order valence-corrected chi connectivity index (χ2v) is 4.72. The van der Waals surface area contributed by atoms with Gasteiger partial charge in [0.15, 0.2) is 0 Å². The molecule has 2 N–H and O–H groups in total. The molecule has 0 aromatic carbocycles. The Kier molecular flexibility index (Phi) is 2.59. The Morgan fingerprint density at radius 3 is 2.40 bits per heavy atom. The van der Waals surface area contributed by atoms with E-state index in [1.165, 1.54) is 24.1 Å². The molecule has 3 heteroatoms. The lowest BCUT2D eigenvalue weighted by atomic mass is 9.88. The zero-order chi connectivity index (χ0) is 11.1. The van der Waals surface area contributed by atoms with Crippen molar-refractivity contribution in [3.8, 4) is 0 Å². The fraction of sp³-hybridized carbons (Fsp3) is 0.750. The van der Waals surface area contributed by atoms with Gasteiger partial charge in [0, 0.05) is 23.3 Å². The van der Waals surface area contributed by atoms with Crippen LogP contribution in [0.4, 0.5) is 0 Å². The molecule has 0 unspecified atom stereocenters. The number of nitrogens with two attached hydrogens (primary N) is 1. The summed E-state index contributed by atoms with van der Waals surface area (Å²) in [6, 6.07) is 0. The standard InChI is InChI=1S/C12H21N3/c1-4-15-10(3)11(9(2)14-15)12(13)7-5-6-8-12/h4-8,13H2,1-3H3. The quantitative estimate of drug-likeness (QED) is 0.808. The highest BCUT2D eigenvalue weighted by molar-refractivity contribution is 5.33. The van der Waals surface area contributed by atoms with Gasteiger partial charge < -0.3 is 5.73 Å². The molecular formula is C12H21N3. The first-order valence-electron chi connectivity index (χ1n) is 5.92. The van der Waals surface area contributed by atoms with Crippen molar-refractivity contribution in [2.45, 2.75) is 58.5 Å². The van der Waals surface area contributed by atoms with E-state index >= 15 is 0 Å². The van der Waals surface area contributed by atoms with Gasteiger partial charge in [0.1, 0.15) is 0 Å². The molecule has 0 bridgehead atoms. The average molecular weight is 207 g/mol.